The molecule has 1 fully saturated rings. The van der Waals surface area contributed by atoms with Crippen LogP contribution >= 0.6 is 0 Å². The number of nitrogens with one attached hydrogen (secondary N) is 1. The molecule has 23 heavy (non-hydrogen) atoms. The quantitative estimate of drug-likeness (QED) is 0.765. The monoisotopic (exact) mass is 339 g/mol. The largest absolute Gasteiger partial charge is 0.352 e. The Hall–Kier alpha value is -1.44. The molecule has 2 rings (SSSR count). The van der Waals surface area contributed by atoms with Crippen LogP contribution in [0.25, 0.3) is 0 Å². The van der Waals surface area contributed by atoms with E-state index in [9.17, 15) is 13.2 Å². The minimum absolute atomic E-state index is 0.00390. The number of nitrogens with two attached hydrogens (primary N) is 1. The summed E-state index contributed by atoms with van der Waals surface area (Å²) in [5.41, 5.74) is 5.75. The second kappa shape index (κ2) is 7.90. The van der Waals surface area contributed by atoms with Gasteiger partial charge in [-0.05, 0) is 50.9 Å². The van der Waals surface area contributed by atoms with Gasteiger partial charge in [-0.25, -0.2) is 8.42 Å². The fourth-order valence-corrected chi connectivity index (χ4v) is 4.51. The first-order valence-corrected chi connectivity index (χ1v) is 9.51. The van der Waals surface area contributed by atoms with E-state index in [1.54, 1.807) is 22.5 Å². The van der Waals surface area contributed by atoms with Crippen molar-refractivity contribution in [1.82, 2.24) is 9.62 Å². The third kappa shape index (κ3) is 4.31. The van der Waals surface area contributed by atoms with E-state index < -0.39 is 10.0 Å². The first-order chi connectivity index (χ1) is 11.0. The van der Waals surface area contributed by atoms with Crippen molar-refractivity contribution in [2.75, 3.05) is 19.6 Å². The number of benzene rings is 1. The standard InChI is InChI=1S/C16H25N3O3S/c1-13-6-2-3-11-19(13)23(21,22)15-8-4-7-14(12-15)16(20)18-10-5-9-17/h4,7-8,12-13H,2-3,5-6,9-11,17H2,1H3,(H,18,20). The number of hydrogen-bond donors (Lipinski definition) is 2. The number of rotatable bonds is 6. The van der Waals surface area contributed by atoms with E-state index in [0.29, 0.717) is 31.6 Å². The smallest absolute Gasteiger partial charge is 0.251 e. The molecule has 1 heterocycles. The van der Waals surface area contributed by atoms with Crippen molar-refractivity contribution in [3.05, 3.63) is 29.8 Å². The molecule has 1 aromatic carbocycles. The second-order valence-corrected chi connectivity index (χ2v) is 7.78. The van der Waals surface area contributed by atoms with E-state index >= 15 is 0 Å². The van der Waals surface area contributed by atoms with Crippen LogP contribution in [0.3, 0.4) is 0 Å². The Morgan fingerprint density at radius 3 is 2.87 bits per heavy atom. The van der Waals surface area contributed by atoms with Gasteiger partial charge < -0.3 is 11.1 Å². The molecule has 128 valence electrons. The molecule has 0 spiro atoms. The maximum Gasteiger partial charge on any atom is 0.251 e. The molecule has 1 atom stereocenters. The van der Waals surface area contributed by atoms with Crippen LogP contribution in [0.1, 0.15) is 43.0 Å². The molecule has 1 saturated heterocycles. The maximum absolute atomic E-state index is 12.8. The SMILES string of the molecule is CC1CCCCN1S(=O)(=O)c1cccc(C(=O)NCCCN)c1. The van der Waals surface area contributed by atoms with Gasteiger partial charge in [0.1, 0.15) is 0 Å². The molecular formula is C16H25N3O3S. The average molecular weight is 339 g/mol. The van der Waals surface area contributed by atoms with Gasteiger partial charge in [0.05, 0.1) is 4.90 Å². The fraction of sp³-hybridized carbons (Fsp3) is 0.562. The molecule has 1 aliphatic rings. The predicted octanol–water partition coefficient (Wildman–Crippen LogP) is 1.33. The first kappa shape index (κ1) is 17.9. The zero-order chi connectivity index (χ0) is 16.9. The Kier molecular flexibility index (Phi) is 6.15. The van der Waals surface area contributed by atoms with Crippen molar-refractivity contribution >= 4 is 15.9 Å². The molecule has 0 aromatic heterocycles. The predicted molar refractivity (Wildman–Crippen MR) is 89.7 cm³/mol. The second-order valence-electron chi connectivity index (χ2n) is 5.89. The van der Waals surface area contributed by atoms with Crippen molar-refractivity contribution in [2.24, 2.45) is 5.73 Å². The highest BCUT2D eigenvalue weighted by molar-refractivity contribution is 7.89. The van der Waals surface area contributed by atoms with Gasteiger partial charge in [0.25, 0.3) is 5.91 Å². The third-order valence-corrected chi connectivity index (χ3v) is 6.12. The van der Waals surface area contributed by atoms with E-state index in [1.807, 2.05) is 6.92 Å². The summed E-state index contributed by atoms with van der Waals surface area (Å²) >= 11 is 0. The highest BCUT2D eigenvalue weighted by atomic mass is 32.2. The minimum Gasteiger partial charge on any atom is -0.352 e. The molecule has 1 aromatic rings. The minimum atomic E-state index is -3.56. The number of nitrogens with zero attached hydrogens (tertiary/aromatic N) is 1. The Bertz CT molecular complexity index is 646. The van der Waals surface area contributed by atoms with Crippen LogP contribution in [0.15, 0.2) is 29.2 Å². The van der Waals surface area contributed by atoms with Crippen molar-refractivity contribution in [3.63, 3.8) is 0 Å². The summed E-state index contributed by atoms with van der Waals surface area (Å²) in [5, 5.41) is 2.74. The molecule has 6 nitrogen and oxygen atoms in total. The van der Waals surface area contributed by atoms with E-state index in [4.69, 9.17) is 5.73 Å². The van der Waals surface area contributed by atoms with Crippen LogP contribution in [-0.2, 0) is 10.0 Å². The van der Waals surface area contributed by atoms with Crippen molar-refractivity contribution in [2.45, 2.75) is 43.5 Å². The number of sulfonamides is 1. The van der Waals surface area contributed by atoms with Crippen molar-refractivity contribution in [1.29, 1.82) is 0 Å². The topological polar surface area (TPSA) is 92.5 Å². The fourth-order valence-electron chi connectivity index (χ4n) is 2.77. The van der Waals surface area contributed by atoms with Gasteiger partial charge in [-0.1, -0.05) is 12.5 Å². The highest BCUT2D eigenvalue weighted by Crippen LogP contribution is 2.25. The van der Waals surface area contributed by atoms with E-state index in [2.05, 4.69) is 5.32 Å². The molecular weight excluding hydrogens is 314 g/mol. The summed E-state index contributed by atoms with van der Waals surface area (Å²) in [5.74, 6) is -0.276. The lowest BCUT2D eigenvalue weighted by Gasteiger charge is -2.32. The maximum atomic E-state index is 12.8. The van der Waals surface area contributed by atoms with Gasteiger partial charge in [-0.15, -0.1) is 0 Å². The Morgan fingerprint density at radius 2 is 2.17 bits per heavy atom. The summed E-state index contributed by atoms with van der Waals surface area (Å²) in [6.45, 7) is 3.45. The molecule has 0 saturated carbocycles. The lowest BCUT2D eigenvalue weighted by Crippen LogP contribution is -2.42. The molecule has 1 unspecified atom stereocenters. The van der Waals surface area contributed by atoms with Crippen LogP contribution < -0.4 is 11.1 Å². The summed E-state index contributed by atoms with van der Waals surface area (Å²) < 4.78 is 27.2. The van der Waals surface area contributed by atoms with E-state index in [1.165, 1.54) is 6.07 Å². The average Bonchev–Trinajstić information content (AvgIpc) is 2.55. The Balaban J connectivity index is 2.19. The zero-order valence-corrected chi connectivity index (χ0v) is 14.3. The van der Waals surface area contributed by atoms with Crippen molar-refractivity contribution in [3.8, 4) is 0 Å². The summed E-state index contributed by atoms with van der Waals surface area (Å²) in [7, 11) is -3.56. The molecule has 7 heteroatoms. The van der Waals surface area contributed by atoms with Crippen LogP contribution in [0, 0.1) is 0 Å². The first-order valence-electron chi connectivity index (χ1n) is 8.07. The van der Waals surface area contributed by atoms with Crippen LogP contribution in [0.5, 0.6) is 0 Å². The molecule has 1 amide bonds. The van der Waals surface area contributed by atoms with E-state index in [0.717, 1.165) is 19.3 Å². The van der Waals surface area contributed by atoms with E-state index in [-0.39, 0.29) is 16.8 Å². The summed E-state index contributed by atoms with van der Waals surface area (Å²) in [6, 6.07) is 6.23. The summed E-state index contributed by atoms with van der Waals surface area (Å²) in [6.07, 6.45) is 3.49. The normalized spacial score (nSPS) is 19.5. The number of carbonyl (C=O) groups excluding carboxylic acids is 1. The van der Waals surface area contributed by atoms with Gasteiger partial charge in [0.15, 0.2) is 0 Å². The van der Waals surface area contributed by atoms with Gasteiger partial charge in [-0.2, -0.15) is 4.31 Å². The number of amides is 1. The van der Waals surface area contributed by atoms with Crippen LogP contribution in [0.4, 0.5) is 0 Å². The Morgan fingerprint density at radius 1 is 1.39 bits per heavy atom. The van der Waals surface area contributed by atoms with Gasteiger partial charge in [0, 0.05) is 24.7 Å². The Labute approximate surface area is 138 Å². The number of piperidine rings is 1. The number of carbonyl (C=O) groups is 1. The molecule has 0 aliphatic carbocycles. The van der Waals surface area contributed by atoms with Crippen molar-refractivity contribution < 1.29 is 13.2 Å². The molecule has 3 N–H and O–H groups in total. The molecule has 0 bridgehead atoms. The van der Waals surface area contributed by atoms with Gasteiger partial charge in [-0.3, -0.25) is 4.79 Å². The lowest BCUT2D eigenvalue weighted by molar-refractivity contribution is 0.0953. The third-order valence-electron chi connectivity index (χ3n) is 4.11. The molecule has 0 radical (unpaired) electrons. The van der Waals surface area contributed by atoms with Gasteiger partial charge in [0.2, 0.25) is 10.0 Å². The lowest BCUT2D eigenvalue weighted by atomic mass is 10.1. The zero-order valence-electron chi connectivity index (χ0n) is 13.5. The van der Waals surface area contributed by atoms with Gasteiger partial charge >= 0.3 is 0 Å². The molecule has 1 aliphatic heterocycles. The highest BCUT2D eigenvalue weighted by Gasteiger charge is 2.31. The number of hydrogen-bond acceptors (Lipinski definition) is 4. The van der Waals surface area contributed by atoms with Crippen LogP contribution in [-0.4, -0.2) is 44.3 Å². The summed E-state index contributed by atoms with van der Waals surface area (Å²) in [4.78, 5) is 12.3. The van der Waals surface area contributed by atoms with Crippen LogP contribution in [0.2, 0.25) is 0 Å².